The van der Waals surface area contributed by atoms with Crippen LogP contribution < -0.4 is 4.90 Å². The van der Waals surface area contributed by atoms with Gasteiger partial charge in [0.15, 0.2) is 0 Å². The molecule has 0 N–H and O–H groups in total. The van der Waals surface area contributed by atoms with Gasteiger partial charge in [-0.25, -0.2) is 33.1 Å². The minimum absolute atomic E-state index is 0.0185. The van der Waals surface area contributed by atoms with Crippen LogP contribution in [-0.4, -0.2) is 56.0 Å². The number of anilines is 1. The molecule has 1 fully saturated rings. The number of imidazole rings is 1. The van der Waals surface area contributed by atoms with Crippen LogP contribution in [0.5, 0.6) is 0 Å². The van der Waals surface area contributed by atoms with Crippen molar-refractivity contribution in [3.63, 3.8) is 0 Å². The van der Waals surface area contributed by atoms with Crippen molar-refractivity contribution < 1.29 is 37.4 Å². The highest BCUT2D eigenvalue weighted by molar-refractivity contribution is 6.09. The molecule has 0 atom stereocenters. The number of carbonyl (C=O) groups excluding carboxylic acids is 3. The lowest BCUT2D eigenvalue weighted by molar-refractivity contribution is 0.0428. The second kappa shape index (κ2) is 12.2. The van der Waals surface area contributed by atoms with E-state index in [4.69, 9.17) is 19.2 Å². The summed E-state index contributed by atoms with van der Waals surface area (Å²) in [4.78, 5) is 53.9. The van der Waals surface area contributed by atoms with Crippen molar-refractivity contribution in [3.8, 4) is 16.8 Å². The van der Waals surface area contributed by atoms with E-state index in [0.717, 1.165) is 25.0 Å². The van der Waals surface area contributed by atoms with Crippen LogP contribution in [-0.2, 0) is 14.2 Å². The maximum absolute atomic E-state index is 15.4. The van der Waals surface area contributed by atoms with Gasteiger partial charge in [0.2, 0.25) is 0 Å². The molecule has 3 heterocycles. The average Bonchev–Trinajstić information content (AvgIpc) is 3.80. The molecule has 11 nitrogen and oxygen atoms in total. The first kappa shape index (κ1) is 33.4. The summed E-state index contributed by atoms with van der Waals surface area (Å²) in [5.74, 6) is -1.53. The second-order valence-electron chi connectivity index (χ2n) is 13.7. The number of nitrogens with zero attached hydrogens (tertiary/aromatic N) is 5. The maximum atomic E-state index is 15.4. The first-order chi connectivity index (χ1) is 23.1. The third kappa shape index (κ3) is 6.65. The van der Waals surface area contributed by atoms with E-state index >= 15 is 4.39 Å². The molecule has 0 bridgehead atoms. The van der Waals surface area contributed by atoms with Gasteiger partial charge in [0.1, 0.15) is 45.5 Å². The van der Waals surface area contributed by atoms with E-state index in [2.05, 4.69) is 9.97 Å². The number of carbonyl (C=O) groups is 3. The second-order valence-corrected chi connectivity index (χ2v) is 13.7. The third-order valence-electron chi connectivity index (χ3n) is 7.60. The number of benzene rings is 2. The van der Waals surface area contributed by atoms with Crippen LogP contribution in [0.15, 0.2) is 54.9 Å². The van der Waals surface area contributed by atoms with E-state index in [1.54, 1.807) is 70.4 Å². The monoisotopic (exact) mass is 671 g/mol. The van der Waals surface area contributed by atoms with Crippen molar-refractivity contribution in [2.45, 2.75) is 71.5 Å². The molecular weight excluding hydrogens is 636 g/mol. The molecule has 0 aliphatic heterocycles. The lowest BCUT2D eigenvalue weighted by atomic mass is 10.0. The van der Waals surface area contributed by atoms with E-state index in [1.165, 1.54) is 25.6 Å². The Morgan fingerprint density at radius 1 is 0.816 bits per heavy atom. The molecule has 2 amide bonds. The van der Waals surface area contributed by atoms with Crippen LogP contribution in [0.3, 0.4) is 0 Å². The fourth-order valence-corrected chi connectivity index (χ4v) is 5.46. The zero-order valence-corrected chi connectivity index (χ0v) is 28.1. The number of hydrogen-bond donors (Lipinski definition) is 0. The molecule has 0 unspecified atom stereocenters. The minimum Gasteiger partial charge on any atom is -0.465 e. The Kier molecular flexibility index (Phi) is 8.33. The van der Waals surface area contributed by atoms with Crippen molar-refractivity contribution in [1.29, 1.82) is 0 Å². The number of hydrogen-bond acceptors (Lipinski definition) is 9. The van der Waals surface area contributed by atoms with E-state index < -0.39 is 41.0 Å². The number of amides is 2. The molecule has 13 heteroatoms. The van der Waals surface area contributed by atoms with Gasteiger partial charge in [-0.2, -0.15) is 4.90 Å². The first-order valence-electron chi connectivity index (χ1n) is 15.7. The predicted octanol–water partition coefficient (Wildman–Crippen LogP) is 8.25. The zero-order valence-electron chi connectivity index (χ0n) is 28.1. The molecule has 0 saturated heterocycles. The summed E-state index contributed by atoms with van der Waals surface area (Å²) in [5, 5.41) is -0.0368. The maximum Gasteiger partial charge on any atom is 0.425 e. The van der Waals surface area contributed by atoms with Gasteiger partial charge in [0, 0.05) is 18.3 Å². The zero-order chi connectivity index (χ0) is 35.4. The van der Waals surface area contributed by atoms with Crippen molar-refractivity contribution in [1.82, 2.24) is 19.5 Å². The smallest absolute Gasteiger partial charge is 0.425 e. The quantitative estimate of drug-likeness (QED) is 0.134. The number of aromatic nitrogens is 4. The number of halogens is 2. The van der Waals surface area contributed by atoms with Crippen LogP contribution in [0.4, 0.5) is 24.2 Å². The van der Waals surface area contributed by atoms with Gasteiger partial charge in [0.05, 0.1) is 29.3 Å². The minimum atomic E-state index is -0.997. The van der Waals surface area contributed by atoms with Gasteiger partial charge in [-0.05, 0) is 108 Å². The highest BCUT2D eigenvalue weighted by Gasteiger charge is 2.35. The van der Waals surface area contributed by atoms with E-state index in [-0.39, 0.29) is 28.2 Å². The summed E-state index contributed by atoms with van der Waals surface area (Å²) >= 11 is 0. The van der Waals surface area contributed by atoms with Crippen LogP contribution in [0.2, 0.25) is 0 Å². The van der Waals surface area contributed by atoms with Gasteiger partial charge in [0.25, 0.3) is 0 Å². The highest BCUT2D eigenvalue weighted by Crippen LogP contribution is 2.44. The van der Waals surface area contributed by atoms with Gasteiger partial charge in [-0.1, -0.05) is 0 Å². The topological polar surface area (TPSA) is 126 Å². The largest absolute Gasteiger partial charge is 0.465 e. The number of rotatable bonds is 5. The Morgan fingerprint density at radius 3 is 2.06 bits per heavy atom. The average molecular weight is 672 g/mol. The fraction of sp³-hybridized carbons (Fsp3) is 0.333. The molecule has 3 aromatic heterocycles. The molecule has 1 saturated carbocycles. The van der Waals surface area contributed by atoms with E-state index in [1.807, 2.05) is 0 Å². The molecule has 5 aromatic rings. The number of methoxy groups -OCH3 is 1. The SMILES string of the molecule is COC(=O)c1cc(-c2ccnc(N(C(=O)OC(C)(C)C)C(=O)OC(C)(C)C)c2)cc2c1nc(C1CC1)n2-c1ccnc2c(F)ccc(F)c12. The standard InChI is InChI=1S/C36H35F2N5O6/c1-35(2,3)48-33(45)43(34(46)49-36(4,5)6)27-18-20(12-14-39-27)21-16-22(32(44)47-7)29-26(17-21)42(31(41-29)19-8-9-19)25-13-15-40-30-24(38)11-10-23(37)28(25)30/h10-19H,8-9H2,1-7H3. The van der Waals surface area contributed by atoms with Crippen molar-refractivity contribution in [3.05, 3.63) is 77.9 Å². The van der Waals surface area contributed by atoms with Crippen molar-refractivity contribution in [2.24, 2.45) is 0 Å². The molecule has 254 valence electrons. The number of ether oxygens (including phenoxy) is 3. The summed E-state index contributed by atoms with van der Waals surface area (Å²) in [6, 6.07) is 10.1. The van der Waals surface area contributed by atoms with E-state index in [0.29, 0.717) is 38.6 Å². The lowest BCUT2D eigenvalue weighted by Gasteiger charge is -2.28. The van der Waals surface area contributed by atoms with Crippen LogP contribution in [0, 0.1) is 11.6 Å². The summed E-state index contributed by atoms with van der Waals surface area (Å²) < 4.78 is 48.2. The van der Waals surface area contributed by atoms with Crippen molar-refractivity contribution in [2.75, 3.05) is 12.0 Å². The molecule has 1 aliphatic rings. The molecule has 49 heavy (non-hydrogen) atoms. The lowest BCUT2D eigenvalue weighted by Crippen LogP contribution is -2.44. The van der Waals surface area contributed by atoms with Gasteiger partial charge in [-0.3, -0.25) is 9.55 Å². The highest BCUT2D eigenvalue weighted by atomic mass is 19.1. The molecule has 0 radical (unpaired) electrons. The molecule has 2 aromatic carbocycles. The molecule has 0 spiro atoms. The normalized spacial score (nSPS) is 13.4. The van der Waals surface area contributed by atoms with Crippen LogP contribution in [0.1, 0.15) is 76.5 Å². The molecule has 6 rings (SSSR count). The van der Waals surface area contributed by atoms with Gasteiger partial charge >= 0.3 is 18.2 Å². The Balaban J connectivity index is 1.58. The fourth-order valence-electron chi connectivity index (χ4n) is 5.46. The summed E-state index contributed by atoms with van der Waals surface area (Å²) in [5.41, 5.74) is 0.0342. The Bertz CT molecular complexity index is 2120. The third-order valence-corrected chi connectivity index (χ3v) is 7.60. The van der Waals surface area contributed by atoms with Gasteiger partial charge < -0.3 is 14.2 Å². The Morgan fingerprint density at radius 2 is 1.45 bits per heavy atom. The first-order valence-corrected chi connectivity index (χ1v) is 15.7. The summed E-state index contributed by atoms with van der Waals surface area (Å²) in [6.07, 6.45) is 2.44. The number of fused-ring (bicyclic) bond motifs is 2. The van der Waals surface area contributed by atoms with Crippen molar-refractivity contribution >= 4 is 45.9 Å². The summed E-state index contributed by atoms with van der Waals surface area (Å²) in [6.45, 7) is 9.98. The Labute approximate surface area is 280 Å². The Hall–Kier alpha value is -5.46. The summed E-state index contributed by atoms with van der Waals surface area (Å²) in [7, 11) is 1.25. The molecular formula is C36H35F2N5O6. The van der Waals surface area contributed by atoms with E-state index in [9.17, 15) is 18.8 Å². The number of imide groups is 1. The predicted molar refractivity (Wildman–Crippen MR) is 178 cm³/mol. The number of esters is 1. The molecule has 1 aliphatic carbocycles. The van der Waals surface area contributed by atoms with Gasteiger partial charge in [-0.15, -0.1) is 0 Å². The van der Waals surface area contributed by atoms with Crippen LogP contribution in [0.25, 0.3) is 38.8 Å². The van der Waals surface area contributed by atoms with Crippen LogP contribution >= 0.6 is 0 Å². The number of pyridine rings is 2.